The Kier molecular flexibility index (Phi) is 9.29. The van der Waals surface area contributed by atoms with Gasteiger partial charge in [0.2, 0.25) is 0 Å². The van der Waals surface area contributed by atoms with Crippen LogP contribution in [-0.2, 0) is 16.0 Å². The van der Waals surface area contributed by atoms with Gasteiger partial charge in [0, 0.05) is 46.0 Å². The maximum absolute atomic E-state index is 11.8. The summed E-state index contributed by atoms with van der Waals surface area (Å²) in [5, 5.41) is 41.4. The van der Waals surface area contributed by atoms with E-state index in [0.29, 0.717) is 22.7 Å². The molecule has 0 radical (unpaired) electrons. The maximum Gasteiger partial charge on any atom is 0.303 e. The van der Waals surface area contributed by atoms with E-state index in [-0.39, 0.29) is 25.7 Å². The number of aliphatic hydroxyl groups is 2. The number of nitrogens with one attached hydrogen (secondary N) is 2. The fraction of sp³-hybridized carbons (Fsp3) is 0.421. The van der Waals surface area contributed by atoms with E-state index in [1.807, 2.05) is 55.4 Å². The molecule has 0 aromatic carbocycles. The minimum atomic E-state index is -0.909. The summed E-state index contributed by atoms with van der Waals surface area (Å²) < 4.78 is 0. The summed E-state index contributed by atoms with van der Waals surface area (Å²) in [4.78, 5) is 41.1. The van der Waals surface area contributed by atoms with Crippen molar-refractivity contribution in [3.63, 3.8) is 0 Å². The molecule has 0 saturated carbocycles. The lowest BCUT2D eigenvalue weighted by molar-refractivity contribution is -0.137. The molecule has 5 rings (SSSR count). The maximum atomic E-state index is 11.8. The van der Waals surface area contributed by atoms with Crippen LogP contribution in [0.25, 0.3) is 44.4 Å². The summed E-state index contributed by atoms with van der Waals surface area (Å²) in [6.07, 6.45) is -1.20. The average Bonchev–Trinajstić information content (AvgIpc) is 3.73. The molecule has 2 atom stereocenters. The second-order valence-corrected chi connectivity index (χ2v) is 13.3. The van der Waals surface area contributed by atoms with Crippen LogP contribution in [-0.4, -0.2) is 58.4 Å². The van der Waals surface area contributed by atoms with Crippen molar-refractivity contribution in [1.29, 1.82) is 0 Å². The molecule has 2 aliphatic rings. The molecule has 10 nitrogen and oxygen atoms in total. The topological polar surface area (TPSA) is 172 Å². The predicted octanol–water partition coefficient (Wildman–Crippen LogP) is 7.34. The van der Waals surface area contributed by atoms with Crippen LogP contribution in [0.3, 0.4) is 0 Å². The number of hydrogen-bond acceptors (Lipinski definition) is 6. The Hall–Kier alpha value is -4.54. The monoisotopic (exact) mass is 654 g/mol. The molecule has 0 spiro atoms. The molecule has 10 heteroatoms. The highest BCUT2D eigenvalue weighted by Gasteiger charge is 2.28. The number of carboxylic acids is 2. The largest absolute Gasteiger partial charge is 0.481 e. The Labute approximate surface area is 280 Å². The lowest BCUT2D eigenvalue weighted by atomic mass is 9.95. The first-order chi connectivity index (χ1) is 22.5. The van der Waals surface area contributed by atoms with E-state index in [1.54, 1.807) is 13.8 Å². The van der Waals surface area contributed by atoms with E-state index in [2.05, 4.69) is 9.97 Å². The highest BCUT2D eigenvalue weighted by Crippen LogP contribution is 2.42. The number of aromatic nitrogens is 4. The Morgan fingerprint density at radius 1 is 0.583 bits per heavy atom. The van der Waals surface area contributed by atoms with Crippen LogP contribution in [0, 0.1) is 41.5 Å². The number of aliphatic hydroxyl groups excluding tert-OH is 2. The van der Waals surface area contributed by atoms with Crippen LogP contribution in [0.4, 0.5) is 0 Å². The summed E-state index contributed by atoms with van der Waals surface area (Å²) in [5.41, 5.74) is 15.7. The van der Waals surface area contributed by atoms with Gasteiger partial charge >= 0.3 is 11.9 Å². The van der Waals surface area contributed by atoms with Gasteiger partial charge in [-0.25, -0.2) is 9.97 Å². The number of allylic oxidation sites excluding steroid dienone is 3. The average molecular weight is 655 g/mol. The molecular weight excluding hydrogens is 608 g/mol. The Morgan fingerprint density at radius 3 is 1.65 bits per heavy atom. The molecule has 3 aromatic rings. The van der Waals surface area contributed by atoms with Crippen molar-refractivity contribution in [2.24, 2.45) is 0 Å². The number of fused-ring (bicyclic) bond motifs is 8. The van der Waals surface area contributed by atoms with Crippen molar-refractivity contribution in [2.75, 3.05) is 0 Å². The third-order valence-electron chi connectivity index (χ3n) is 10.2. The number of H-pyrrole nitrogens is 2. The number of carboxylic acid groups (broad SMARTS) is 2. The summed E-state index contributed by atoms with van der Waals surface area (Å²) in [6, 6.07) is 0. The second kappa shape index (κ2) is 12.8. The zero-order valence-corrected chi connectivity index (χ0v) is 29.5. The molecule has 0 fully saturated rings. The van der Waals surface area contributed by atoms with E-state index >= 15 is 0 Å². The number of aryl methyl sites for hydroxylation is 7. The Bertz CT molecular complexity index is 2120. The zero-order chi connectivity index (χ0) is 35.5. The van der Waals surface area contributed by atoms with Gasteiger partial charge in [-0.15, -0.1) is 0 Å². The summed E-state index contributed by atoms with van der Waals surface area (Å²) in [7, 11) is 0. The first-order valence-corrected chi connectivity index (χ1v) is 16.4. The molecule has 0 saturated heterocycles. The predicted molar refractivity (Wildman–Crippen MR) is 190 cm³/mol. The Morgan fingerprint density at radius 2 is 1.06 bits per heavy atom. The molecule has 254 valence electrons. The number of nitrogens with zero attached hydrogens (tertiary/aromatic N) is 2. The van der Waals surface area contributed by atoms with Gasteiger partial charge in [0.25, 0.3) is 0 Å². The normalized spacial score (nSPS) is 14.6. The Balaban J connectivity index is 2.11. The first-order valence-electron chi connectivity index (χ1n) is 16.4. The summed E-state index contributed by atoms with van der Waals surface area (Å²) >= 11 is 0. The third-order valence-corrected chi connectivity index (χ3v) is 10.2. The highest BCUT2D eigenvalue weighted by molar-refractivity contribution is 5.99. The molecule has 2 aliphatic heterocycles. The standard InChI is InChI=1S/C38H46N4O6/c1-15-25(11-13-27(45)46)35-22(8)36-26(12-14-28(47)48)16(2)32(40-36)20(6)37-30(24(10)44)18(4)34(42-37)21(7)38-29(23(9)43)17(3)33(41-38)19(5)31(15)39-35/h23-24,40-41,43-44H,11-14H2,1-10H3,(H,45,46)(H,47,48). The lowest BCUT2D eigenvalue weighted by Crippen LogP contribution is -2.04. The van der Waals surface area contributed by atoms with Gasteiger partial charge in [0.05, 0.1) is 35.0 Å². The van der Waals surface area contributed by atoms with Crippen molar-refractivity contribution in [3.8, 4) is 0 Å². The fourth-order valence-corrected chi connectivity index (χ4v) is 7.67. The zero-order valence-electron chi connectivity index (χ0n) is 29.5. The summed E-state index contributed by atoms with van der Waals surface area (Å²) in [6.45, 7) is 19.1. The van der Waals surface area contributed by atoms with Gasteiger partial charge in [-0.3, -0.25) is 9.59 Å². The van der Waals surface area contributed by atoms with Gasteiger partial charge in [0.1, 0.15) is 0 Å². The number of carbonyl (C=O) groups is 2. The number of rotatable bonds is 8. The van der Waals surface area contributed by atoms with Crippen LogP contribution in [0.15, 0.2) is 0 Å². The minimum Gasteiger partial charge on any atom is -0.481 e. The highest BCUT2D eigenvalue weighted by atomic mass is 16.4. The number of hydrogen-bond donors (Lipinski definition) is 6. The van der Waals surface area contributed by atoms with Crippen LogP contribution in [0.2, 0.25) is 0 Å². The van der Waals surface area contributed by atoms with Crippen molar-refractivity contribution in [2.45, 2.75) is 107 Å². The molecule has 6 N–H and O–H groups in total. The van der Waals surface area contributed by atoms with E-state index in [1.165, 1.54) is 0 Å². The van der Waals surface area contributed by atoms with E-state index in [4.69, 9.17) is 9.97 Å². The quantitative estimate of drug-likeness (QED) is 0.146. The SMILES string of the molecule is CC1=C(CCC(=O)O)c2nc1c(C)c1[nH]c(c(C)c3nc(c(C)c4[nH]c(c2C)c(CCC(=O)O)c4C)C(C(C)O)=C3C)c(C(C)O)c1C. The van der Waals surface area contributed by atoms with E-state index in [9.17, 15) is 30.0 Å². The summed E-state index contributed by atoms with van der Waals surface area (Å²) in [5.74, 6) is -1.82. The lowest BCUT2D eigenvalue weighted by Gasteiger charge is -2.10. The van der Waals surface area contributed by atoms with Crippen LogP contribution >= 0.6 is 0 Å². The van der Waals surface area contributed by atoms with Crippen molar-refractivity contribution in [1.82, 2.24) is 19.9 Å². The molecule has 0 amide bonds. The van der Waals surface area contributed by atoms with Gasteiger partial charge in [-0.2, -0.15) is 0 Å². The molecule has 0 aliphatic carbocycles. The van der Waals surface area contributed by atoms with Crippen LogP contribution < -0.4 is 0 Å². The third kappa shape index (κ3) is 5.66. The van der Waals surface area contributed by atoms with Crippen LogP contribution in [0.5, 0.6) is 0 Å². The fourth-order valence-electron chi connectivity index (χ4n) is 7.67. The minimum absolute atomic E-state index is 0.0697. The number of aliphatic carboxylic acids is 2. The van der Waals surface area contributed by atoms with E-state index in [0.717, 1.165) is 89.0 Å². The molecule has 8 bridgehead atoms. The molecule has 3 aromatic heterocycles. The molecule has 2 unspecified atom stereocenters. The first kappa shape index (κ1) is 34.8. The van der Waals surface area contributed by atoms with Crippen LogP contribution in [0.1, 0.15) is 120 Å². The molecule has 48 heavy (non-hydrogen) atoms. The number of aromatic amines is 2. The van der Waals surface area contributed by atoms with Crippen molar-refractivity contribution in [3.05, 3.63) is 67.3 Å². The van der Waals surface area contributed by atoms with Gasteiger partial charge in [-0.05, 0) is 138 Å². The second-order valence-electron chi connectivity index (χ2n) is 13.3. The smallest absolute Gasteiger partial charge is 0.303 e. The van der Waals surface area contributed by atoms with E-state index < -0.39 is 24.1 Å². The van der Waals surface area contributed by atoms with Crippen molar-refractivity contribution >= 4 is 56.3 Å². The van der Waals surface area contributed by atoms with Crippen molar-refractivity contribution < 1.29 is 30.0 Å². The molecule has 5 heterocycles. The van der Waals surface area contributed by atoms with Gasteiger partial charge in [0.15, 0.2) is 0 Å². The molecular formula is C38H46N4O6. The van der Waals surface area contributed by atoms with Gasteiger partial charge < -0.3 is 30.4 Å². The van der Waals surface area contributed by atoms with Gasteiger partial charge in [-0.1, -0.05) is 0 Å².